The molecule has 1 atom stereocenters. The lowest BCUT2D eigenvalue weighted by Crippen LogP contribution is -2.19. The molecular weight excluding hydrogens is 304 g/mol. The van der Waals surface area contributed by atoms with Crippen LogP contribution in [0.3, 0.4) is 0 Å². The van der Waals surface area contributed by atoms with E-state index in [1.807, 2.05) is 0 Å². The molecule has 2 N–H and O–H groups in total. The van der Waals surface area contributed by atoms with Crippen LogP contribution < -0.4 is 5.73 Å². The van der Waals surface area contributed by atoms with Crippen molar-refractivity contribution < 1.29 is 17.6 Å². The summed E-state index contributed by atoms with van der Waals surface area (Å²) in [5.74, 6) is -0.129. The molecule has 0 saturated heterocycles. The molecule has 1 unspecified atom stereocenters. The van der Waals surface area contributed by atoms with Gasteiger partial charge in [0.25, 0.3) is 0 Å². The van der Waals surface area contributed by atoms with Crippen molar-refractivity contribution in [3.8, 4) is 0 Å². The first kappa shape index (κ1) is 15.8. The van der Waals surface area contributed by atoms with Gasteiger partial charge in [0.1, 0.15) is 5.82 Å². The molecule has 1 heterocycles. The van der Waals surface area contributed by atoms with Gasteiger partial charge in [0.15, 0.2) is 0 Å². The highest BCUT2D eigenvalue weighted by Gasteiger charge is 2.34. The van der Waals surface area contributed by atoms with Crippen LogP contribution >= 0.6 is 11.8 Å². The third-order valence-electron chi connectivity index (χ3n) is 2.80. The summed E-state index contributed by atoms with van der Waals surface area (Å²) < 4.78 is 51.4. The molecule has 0 amide bonds. The zero-order valence-corrected chi connectivity index (χ0v) is 11.6. The number of hydrogen-bond acceptors (Lipinski definition) is 3. The normalized spacial score (nSPS) is 13.2. The van der Waals surface area contributed by atoms with Crippen LogP contribution in [0.5, 0.6) is 0 Å². The second kappa shape index (κ2) is 6.44. The van der Waals surface area contributed by atoms with Crippen molar-refractivity contribution in [3.05, 3.63) is 59.7 Å². The van der Waals surface area contributed by atoms with E-state index in [4.69, 9.17) is 5.73 Å². The summed E-state index contributed by atoms with van der Waals surface area (Å²) >= 11 is 1.26. The minimum absolute atomic E-state index is 0.0420. The minimum Gasteiger partial charge on any atom is -0.323 e. The molecule has 21 heavy (non-hydrogen) atoms. The number of hydrogen-bond donors (Lipinski definition) is 1. The fourth-order valence-corrected chi connectivity index (χ4v) is 2.65. The molecule has 0 saturated carbocycles. The van der Waals surface area contributed by atoms with E-state index >= 15 is 0 Å². The number of nitrogens with two attached hydrogens (primary N) is 1. The van der Waals surface area contributed by atoms with E-state index in [2.05, 4.69) is 4.98 Å². The Kier molecular flexibility index (Phi) is 4.84. The van der Waals surface area contributed by atoms with Gasteiger partial charge in [-0.25, -0.2) is 4.39 Å². The SMILES string of the molecule is NC(CSc1ccc(F)cc1)c1cnccc1C(F)(F)F. The van der Waals surface area contributed by atoms with Gasteiger partial charge in [0.2, 0.25) is 0 Å². The number of benzene rings is 1. The van der Waals surface area contributed by atoms with E-state index in [1.54, 1.807) is 12.1 Å². The number of halogens is 4. The van der Waals surface area contributed by atoms with Crippen LogP contribution in [0.25, 0.3) is 0 Å². The van der Waals surface area contributed by atoms with Crippen LogP contribution in [0.1, 0.15) is 17.2 Å². The lowest BCUT2D eigenvalue weighted by Gasteiger charge is -2.17. The van der Waals surface area contributed by atoms with Gasteiger partial charge in [-0.05, 0) is 30.3 Å². The van der Waals surface area contributed by atoms with Gasteiger partial charge in [0.05, 0.1) is 5.56 Å². The number of aromatic nitrogens is 1. The molecule has 2 nitrogen and oxygen atoms in total. The summed E-state index contributed by atoms with van der Waals surface area (Å²) in [6.07, 6.45) is -2.23. The predicted octanol–water partition coefficient (Wildman–Crippen LogP) is 4.03. The number of nitrogens with zero attached hydrogens (tertiary/aromatic N) is 1. The molecule has 2 rings (SSSR count). The summed E-state index contributed by atoms with van der Waals surface area (Å²) in [5, 5.41) is 0. The van der Waals surface area contributed by atoms with Crippen molar-refractivity contribution in [3.63, 3.8) is 0 Å². The molecule has 0 aliphatic rings. The summed E-state index contributed by atoms with van der Waals surface area (Å²) in [6.45, 7) is 0. The Labute approximate surface area is 123 Å². The zero-order valence-electron chi connectivity index (χ0n) is 10.8. The summed E-state index contributed by atoms with van der Waals surface area (Å²) in [7, 11) is 0. The zero-order chi connectivity index (χ0) is 15.5. The Balaban J connectivity index is 2.10. The summed E-state index contributed by atoms with van der Waals surface area (Å²) in [5.41, 5.74) is 5.02. The number of pyridine rings is 1. The monoisotopic (exact) mass is 316 g/mol. The van der Waals surface area contributed by atoms with Crippen LogP contribution in [0.2, 0.25) is 0 Å². The van der Waals surface area contributed by atoms with Crippen molar-refractivity contribution in [1.29, 1.82) is 0 Å². The van der Waals surface area contributed by atoms with Crippen molar-refractivity contribution in [2.24, 2.45) is 5.73 Å². The second-order valence-corrected chi connectivity index (χ2v) is 5.43. The number of thioether (sulfide) groups is 1. The summed E-state index contributed by atoms with van der Waals surface area (Å²) in [6, 6.07) is 5.79. The number of rotatable bonds is 4. The first-order chi connectivity index (χ1) is 9.88. The molecule has 2 aromatic rings. The van der Waals surface area contributed by atoms with Gasteiger partial charge in [-0.1, -0.05) is 0 Å². The van der Waals surface area contributed by atoms with Crippen LogP contribution in [0.4, 0.5) is 17.6 Å². The van der Waals surface area contributed by atoms with E-state index in [-0.39, 0.29) is 17.1 Å². The van der Waals surface area contributed by atoms with E-state index in [1.165, 1.54) is 23.9 Å². The predicted molar refractivity (Wildman–Crippen MR) is 73.3 cm³/mol. The highest BCUT2D eigenvalue weighted by atomic mass is 32.2. The van der Waals surface area contributed by atoms with Gasteiger partial charge >= 0.3 is 6.18 Å². The molecule has 0 fully saturated rings. The largest absolute Gasteiger partial charge is 0.416 e. The first-order valence-electron chi connectivity index (χ1n) is 6.03. The smallest absolute Gasteiger partial charge is 0.323 e. The molecule has 7 heteroatoms. The third-order valence-corrected chi connectivity index (χ3v) is 3.93. The Morgan fingerprint density at radius 1 is 1.14 bits per heavy atom. The maximum absolute atomic E-state index is 12.9. The molecular formula is C14H12F4N2S. The van der Waals surface area contributed by atoms with Gasteiger partial charge in [-0.3, -0.25) is 4.98 Å². The van der Waals surface area contributed by atoms with Gasteiger partial charge in [0, 0.05) is 34.6 Å². The maximum atomic E-state index is 12.9. The molecule has 0 spiro atoms. The van der Waals surface area contributed by atoms with E-state index < -0.39 is 17.8 Å². The van der Waals surface area contributed by atoms with Crippen molar-refractivity contribution in [2.75, 3.05) is 5.75 Å². The quantitative estimate of drug-likeness (QED) is 0.684. The van der Waals surface area contributed by atoms with Crippen LogP contribution in [-0.4, -0.2) is 10.7 Å². The highest BCUT2D eigenvalue weighted by molar-refractivity contribution is 7.99. The van der Waals surface area contributed by atoms with E-state index in [0.29, 0.717) is 0 Å². The Hall–Kier alpha value is -1.60. The van der Waals surface area contributed by atoms with E-state index in [0.717, 1.165) is 23.4 Å². The van der Waals surface area contributed by atoms with Gasteiger partial charge in [-0.2, -0.15) is 13.2 Å². The molecule has 1 aromatic carbocycles. The van der Waals surface area contributed by atoms with Crippen molar-refractivity contribution in [1.82, 2.24) is 4.98 Å². The Morgan fingerprint density at radius 3 is 2.43 bits per heavy atom. The van der Waals surface area contributed by atoms with Crippen LogP contribution in [0, 0.1) is 5.82 Å². The molecule has 0 bridgehead atoms. The highest BCUT2D eigenvalue weighted by Crippen LogP contribution is 2.34. The standard InChI is InChI=1S/C14H12F4N2S/c15-9-1-3-10(4-2-9)21-8-13(19)11-7-20-6-5-12(11)14(16,17)18/h1-7,13H,8,19H2. The maximum Gasteiger partial charge on any atom is 0.416 e. The number of alkyl halides is 3. The van der Waals surface area contributed by atoms with Crippen LogP contribution in [0.15, 0.2) is 47.6 Å². The third kappa shape index (κ3) is 4.18. The minimum atomic E-state index is -4.46. The molecule has 0 radical (unpaired) electrons. The van der Waals surface area contributed by atoms with Gasteiger partial charge in [-0.15, -0.1) is 11.8 Å². The molecule has 112 valence electrons. The van der Waals surface area contributed by atoms with E-state index in [9.17, 15) is 17.6 Å². The van der Waals surface area contributed by atoms with Crippen molar-refractivity contribution in [2.45, 2.75) is 17.1 Å². The van der Waals surface area contributed by atoms with Gasteiger partial charge < -0.3 is 5.73 Å². The average molecular weight is 316 g/mol. The van der Waals surface area contributed by atoms with Crippen LogP contribution in [-0.2, 0) is 6.18 Å². The van der Waals surface area contributed by atoms with Crippen molar-refractivity contribution >= 4 is 11.8 Å². The summed E-state index contributed by atoms with van der Waals surface area (Å²) in [4.78, 5) is 4.45. The second-order valence-electron chi connectivity index (χ2n) is 4.33. The lowest BCUT2D eigenvalue weighted by atomic mass is 10.0. The molecule has 0 aliphatic carbocycles. The topological polar surface area (TPSA) is 38.9 Å². The fraction of sp³-hybridized carbons (Fsp3) is 0.214. The fourth-order valence-electron chi connectivity index (χ4n) is 1.77. The Morgan fingerprint density at radius 2 is 1.81 bits per heavy atom. The Bertz CT molecular complexity index is 599. The molecule has 1 aromatic heterocycles. The average Bonchev–Trinajstić information content (AvgIpc) is 2.45. The lowest BCUT2D eigenvalue weighted by molar-refractivity contribution is -0.138. The first-order valence-corrected chi connectivity index (χ1v) is 7.01. The molecule has 0 aliphatic heterocycles.